The van der Waals surface area contributed by atoms with Crippen molar-refractivity contribution in [2.24, 2.45) is 7.05 Å². The topological polar surface area (TPSA) is 47.4 Å². The summed E-state index contributed by atoms with van der Waals surface area (Å²) < 4.78 is 34.1. The normalized spacial score (nSPS) is 10.8. The number of carbonyl (C=O) groups is 1. The number of nitrogens with zero attached hydrogens (tertiary/aromatic N) is 3. The Balaban J connectivity index is 1.92. The minimum atomic E-state index is -0.758. The van der Waals surface area contributed by atoms with Crippen LogP contribution >= 0.6 is 0 Å². The molecule has 0 saturated heterocycles. The summed E-state index contributed by atoms with van der Waals surface area (Å²) in [5.41, 5.74) is 1.49. The van der Waals surface area contributed by atoms with Crippen molar-refractivity contribution in [2.75, 3.05) is 13.7 Å². The Labute approximate surface area is 162 Å². The van der Waals surface area contributed by atoms with E-state index < -0.39 is 11.6 Å². The van der Waals surface area contributed by atoms with Gasteiger partial charge in [0.25, 0.3) is 5.91 Å². The lowest BCUT2D eigenvalue weighted by molar-refractivity contribution is 0.0753. The number of carbonyl (C=O) groups excluding carboxylic acids is 1. The smallest absolute Gasteiger partial charge is 0.257 e. The van der Waals surface area contributed by atoms with Gasteiger partial charge in [0.2, 0.25) is 0 Å². The second-order valence-corrected chi connectivity index (χ2v) is 6.36. The van der Waals surface area contributed by atoms with Gasteiger partial charge in [0.05, 0.1) is 12.7 Å². The van der Waals surface area contributed by atoms with Crippen molar-refractivity contribution in [1.29, 1.82) is 0 Å². The van der Waals surface area contributed by atoms with E-state index in [1.807, 2.05) is 31.2 Å². The fraction of sp³-hybridized carbons (Fsp3) is 0.238. The van der Waals surface area contributed by atoms with E-state index in [2.05, 4.69) is 5.10 Å². The molecule has 1 amide bonds. The van der Waals surface area contributed by atoms with Crippen molar-refractivity contribution in [3.63, 3.8) is 0 Å². The predicted molar refractivity (Wildman–Crippen MR) is 102 cm³/mol. The van der Waals surface area contributed by atoms with Gasteiger partial charge in [-0.2, -0.15) is 5.10 Å². The van der Waals surface area contributed by atoms with Crippen molar-refractivity contribution in [3.05, 3.63) is 71.4 Å². The van der Waals surface area contributed by atoms with Gasteiger partial charge in [-0.05, 0) is 36.8 Å². The van der Waals surface area contributed by atoms with Crippen molar-refractivity contribution < 1.29 is 18.3 Å². The molecule has 0 aliphatic heterocycles. The number of aryl methyl sites for hydroxylation is 1. The van der Waals surface area contributed by atoms with Gasteiger partial charge >= 0.3 is 0 Å². The van der Waals surface area contributed by atoms with E-state index in [9.17, 15) is 13.6 Å². The largest absolute Gasteiger partial charge is 0.497 e. The van der Waals surface area contributed by atoms with Gasteiger partial charge in [0.1, 0.15) is 23.1 Å². The van der Waals surface area contributed by atoms with E-state index in [0.717, 1.165) is 23.4 Å². The first kappa shape index (κ1) is 19.5. The zero-order valence-electron chi connectivity index (χ0n) is 15.9. The molecule has 0 bridgehead atoms. The molecule has 2 aromatic carbocycles. The van der Waals surface area contributed by atoms with Crippen LogP contribution in [0, 0.1) is 11.6 Å². The zero-order chi connectivity index (χ0) is 20.3. The molecule has 5 nitrogen and oxygen atoms in total. The molecule has 0 unspecified atom stereocenters. The molecule has 0 atom stereocenters. The SMILES string of the molecule is CCN(Cc1ccc(OC)cc1)C(=O)c1cn(C)nc1-c1ccc(F)cc1F. The third kappa shape index (κ3) is 4.03. The number of amides is 1. The maximum atomic E-state index is 14.3. The summed E-state index contributed by atoms with van der Waals surface area (Å²) >= 11 is 0. The Kier molecular flexibility index (Phi) is 5.73. The lowest BCUT2D eigenvalue weighted by Crippen LogP contribution is -2.30. The van der Waals surface area contributed by atoms with Gasteiger partial charge in [-0.15, -0.1) is 0 Å². The van der Waals surface area contributed by atoms with Crippen LogP contribution in [0.1, 0.15) is 22.8 Å². The van der Waals surface area contributed by atoms with Crippen LogP contribution in [0.4, 0.5) is 8.78 Å². The van der Waals surface area contributed by atoms with Gasteiger partial charge in [0, 0.05) is 38.0 Å². The second-order valence-electron chi connectivity index (χ2n) is 6.36. The van der Waals surface area contributed by atoms with Crippen LogP contribution < -0.4 is 4.74 Å². The molecule has 0 spiro atoms. The highest BCUT2D eigenvalue weighted by Crippen LogP contribution is 2.27. The minimum Gasteiger partial charge on any atom is -0.497 e. The summed E-state index contributed by atoms with van der Waals surface area (Å²) in [4.78, 5) is 14.8. The van der Waals surface area contributed by atoms with E-state index in [-0.39, 0.29) is 22.7 Å². The Hall–Kier alpha value is -3.22. The Morgan fingerprint density at radius 2 is 1.89 bits per heavy atom. The first-order valence-electron chi connectivity index (χ1n) is 8.84. The van der Waals surface area contributed by atoms with Gasteiger partial charge < -0.3 is 9.64 Å². The highest BCUT2D eigenvalue weighted by Gasteiger charge is 2.23. The van der Waals surface area contributed by atoms with Crippen LogP contribution in [-0.2, 0) is 13.6 Å². The fourth-order valence-electron chi connectivity index (χ4n) is 2.97. The van der Waals surface area contributed by atoms with Gasteiger partial charge in [-0.1, -0.05) is 12.1 Å². The van der Waals surface area contributed by atoms with Crippen molar-refractivity contribution in [3.8, 4) is 17.0 Å². The van der Waals surface area contributed by atoms with Crippen LogP contribution in [0.25, 0.3) is 11.3 Å². The van der Waals surface area contributed by atoms with Crippen molar-refractivity contribution in [1.82, 2.24) is 14.7 Å². The molecule has 3 rings (SSSR count). The maximum Gasteiger partial charge on any atom is 0.257 e. The van der Waals surface area contributed by atoms with E-state index >= 15 is 0 Å². The molecule has 28 heavy (non-hydrogen) atoms. The molecule has 3 aromatic rings. The molecule has 146 valence electrons. The monoisotopic (exact) mass is 385 g/mol. The van der Waals surface area contributed by atoms with Gasteiger partial charge in [0.15, 0.2) is 0 Å². The van der Waals surface area contributed by atoms with Crippen LogP contribution in [-0.4, -0.2) is 34.2 Å². The molecular formula is C21H21F2N3O2. The molecule has 1 aromatic heterocycles. The summed E-state index contributed by atoms with van der Waals surface area (Å²) in [6.07, 6.45) is 1.55. The average Bonchev–Trinajstić information content (AvgIpc) is 3.07. The Morgan fingerprint density at radius 3 is 2.50 bits per heavy atom. The molecule has 0 aliphatic carbocycles. The molecule has 0 saturated carbocycles. The standard InChI is InChI=1S/C21H21F2N3O2/c1-4-26(12-14-5-8-16(28-3)9-6-14)21(27)18-13-25(2)24-20(18)17-10-7-15(22)11-19(17)23/h5-11,13H,4,12H2,1-3H3. The highest BCUT2D eigenvalue weighted by atomic mass is 19.1. The number of hydrogen-bond acceptors (Lipinski definition) is 3. The lowest BCUT2D eigenvalue weighted by Gasteiger charge is -2.21. The van der Waals surface area contributed by atoms with Crippen molar-refractivity contribution >= 4 is 5.91 Å². The number of halogens is 2. The third-order valence-corrected chi connectivity index (χ3v) is 4.45. The summed E-state index contributed by atoms with van der Waals surface area (Å²) in [5.74, 6) is -0.977. The summed E-state index contributed by atoms with van der Waals surface area (Å²) in [5, 5.41) is 4.23. The quantitative estimate of drug-likeness (QED) is 0.644. The molecular weight excluding hydrogens is 364 g/mol. The molecule has 0 fully saturated rings. The summed E-state index contributed by atoms with van der Waals surface area (Å²) in [6.45, 7) is 2.72. The Morgan fingerprint density at radius 1 is 1.18 bits per heavy atom. The molecule has 0 radical (unpaired) electrons. The highest BCUT2D eigenvalue weighted by molar-refractivity contribution is 5.99. The number of benzene rings is 2. The van der Waals surface area contributed by atoms with Gasteiger partial charge in [-0.3, -0.25) is 9.48 Å². The number of hydrogen-bond donors (Lipinski definition) is 0. The Bertz CT molecular complexity index is 984. The summed E-state index contributed by atoms with van der Waals surface area (Å²) in [6, 6.07) is 10.7. The number of ether oxygens (including phenoxy) is 1. The van der Waals surface area contributed by atoms with E-state index in [1.54, 1.807) is 25.3 Å². The average molecular weight is 385 g/mol. The van der Waals surface area contributed by atoms with Crippen molar-refractivity contribution in [2.45, 2.75) is 13.5 Å². The fourth-order valence-corrected chi connectivity index (χ4v) is 2.97. The predicted octanol–water partition coefficient (Wildman–Crippen LogP) is 4.04. The maximum absolute atomic E-state index is 14.3. The molecule has 1 heterocycles. The third-order valence-electron chi connectivity index (χ3n) is 4.45. The summed E-state index contributed by atoms with van der Waals surface area (Å²) in [7, 11) is 3.25. The van der Waals surface area contributed by atoms with E-state index in [4.69, 9.17) is 4.74 Å². The first-order chi connectivity index (χ1) is 13.4. The molecule has 7 heteroatoms. The molecule has 0 aliphatic rings. The van der Waals surface area contributed by atoms with Crippen LogP contribution in [0.3, 0.4) is 0 Å². The zero-order valence-corrected chi connectivity index (χ0v) is 15.9. The number of methoxy groups -OCH3 is 1. The van der Waals surface area contributed by atoms with E-state index in [0.29, 0.717) is 13.1 Å². The van der Waals surface area contributed by atoms with Gasteiger partial charge in [-0.25, -0.2) is 8.78 Å². The molecule has 0 N–H and O–H groups in total. The minimum absolute atomic E-state index is 0.0888. The van der Waals surface area contributed by atoms with Crippen LogP contribution in [0.15, 0.2) is 48.7 Å². The van der Waals surface area contributed by atoms with E-state index in [1.165, 1.54) is 10.7 Å². The lowest BCUT2D eigenvalue weighted by atomic mass is 10.1. The first-order valence-corrected chi connectivity index (χ1v) is 8.84. The second kappa shape index (κ2) is 8.21. The van der Waals surface area contributed by atoms with Crippen LogP contribution in [0.5, 0.6) is 5.75 Å². The van der Waals surface area contributed by atoms with Crippen LogP contribution in [0.2, 0.25) is 0 Å². The number of aromatic nitrogens is 2. The number of rotatable bonds is 6.